The van der Waals surface area contributed by atoms with Crippen molar-refractivity contribution in [3.05, 3.63) is 35.9 Å². The number of carbonyl (C=O) groups is 4. The molecule has 1 unspecified atom stereocenters. The monoisotopic (exact) mass is 433 g/mol. The summed E-state index contributed by atoms with van der Waals surface area (Å²) in [6.07, 6.45) is -1.62. The number of rotatable bonds is 3. The van der Waals surface area contributed by atoms with E-state index >= 15 is 0 Å². The molecule has 0 radical (unpaired) electrons. The molecule has 11 nitrogen and oxygen atoms in total. The van der Waals surface area contributed by atoms with Crippen molar-refractivity contribution in [2.45, 2.75) is 39.0 Å². The molecule has 2 N–H and O–H groups in total. The van der Waals surface area contributed by atoms with Crippen molar-refractivity contribution >= 4 is 30.1 Å². The molecule has 1 fully saturated rings. The Bertz CT molecular complexity index is 865. The molecule has 0 aromatic heterocycles. The highest BCUT2D eigenvalue weighted by atomic mass is 16.6. The Hall–Kier alpha value is -3.63. The quantitative estimate of drug-likeness (QED) is 0.742. The van der Waals surface area contributed by atoms with Gasteiger partial charge in [-0.1, -0.05) is 30.3 Å². The normalized spacial score (nSPS) is 17.6. The second-order valence-corrected chi connectivity index (χ2v) is 7.90. The molecule has 1 atom stereocenters. The highest BCUT2D eigenvalue weighted by molar-refractivity contribution is 6.07. The molecule has 0 spiro atoms. The van der Waals surface area contributed by atoms with Crippen molar-refractivity contribution in [3.8, 4) is 0 Å². The molecule has 0 saturated carbocycles. The Morgan fingerprint density at radius 1 is 1.26 bits per heavy atom. The summed E-state index contributed by atoms with van der Waals surface area (Å²) >= 11 is 0. The largest absolute Gasteiger partial charge is 0.444 e. The van der Waals surface area contributed by atoms with Crippen molar-refractivity contribution in [1.82, 2.24) is 20.4 Å². The van der Waals surface area contributed by atoms with Gasteiger partial charge in [0.15, 0.2) is 0 Å². The molecule has 31 heavy (non-hydrogen) atoms. The van der Waals surface area contributed by atoms with E-state index in [0.29, 0.717) is 0 Å². The second-order valence-electron chi connectivity index (χ2n) is 7.90. The van der Waals surface area contributed by atoms with Crippen LogP contribution in [0.15, 0.2) is 35.3 Å². The molecule has 1 heterocycles. The van der Waals surface area contributed by atoms with Gasteiger partial charge in [0.05, 0.1) is 6.54 Å². The highest BCUT2D eigenvalue weighted by Gasteiger charge is 2.36. The number of hydrogen-bond donors (Lipinski definition) is 2. The number of likely N-dealkylation sites (N-methyl/N-ethyl adjacent to an activating group) is 2. The first-order valence-corrected chi connectivity index (χ1v) is 9.54. The van der Waals surface area contributed by atoms with Gasteiger partial charge in [-0.05, 0) is 26.3 Å². The van der Waals surface area contributed by atoms with Crippen LogP contribution in [0.1, 0.15) is 26.3 Å². The minimum atomic E-state index is -1.00. The van der Waals surface area contributed by atoms with Gasteiger partial charge in [0.2, 0.25) is 5.96 Å². The molecule has 1 aliphatic rings. The van der Waals surface area contributed by atoms with Gasteiger partial charge in [0.1, 0.15) is 18.2 Å². The predicted molar refractivity (Wildman–Crippen MR) is 111 cm³/mol. The molecule has 1 aromatic rings. The van der Waals surface area contributed by atoms with Crippen LogP contribution in [0.2, 0.25) is 0 Å². The number of amides is 5. The molecule has 11 heteroatoms. The lowest BCUT2D eigenvalue weighted by Crippen LogP contribution is -2.62. The number of carbonyl (C=O) groups excluding carboxylic acids is 4. The summed E-state index contributed by atoms with van der Waals surface area (Å²) in [6, 6.07) is 7.11. The van der Waals surface area contributed by atoms with Crippen LogP contribution in [-0.2, 0) is 20.9 Å². The van der Waals surface area contributed by atoms with Crippen LogP contribution in [0.5, 0.6) is 0 Å². The van der Waals surface area contributed by atoms with E-state index in [4.69, 9.17) is 9.47 Å². The molecule has 1 saturated heterocycles. The first-order valence-electron chi connectivity index (χ1n) is 9.54. The van der Waals surface area contributed by atoms with Gasteiger partial charge in [0, 0.05) is 14.1 Å². The molecule has 5 amide bonds. The molecule has 0 bridgehead atoms. The molecule has 2 rings (SSSR count). The summed E-state index contributed by atoms with van der Waals surface area (Å²) < 4.78 is 10.2. The summed E-state index contributed by atoms with van der Waals surface area (Å²) in [5.74, 6) is -0.600. The van der Waals surface area contributed by atoms with Crippen LogP contribution < -0.4 is 10.6 Å². The van der Waals surface area contributed by atoms with Crippen LogP contribution in [0.4, 0.5) is 14.4 Å². The summed E-state index contributed by atoms with van der Waals surface area (Å²) in [5.41, 5.74) is 0.0539. The van der Waals surface area contributed by atoms with Crippen LogP contribution in [-0.4, -0.2) is 72.2 Å². The van der Waals surface area contributed by atoms with Crippen LogP contribution in [0, 0.1) is 0 Å². The Balaban J connectivity index is 1.91. The fraction of sp³-hybridized carbons (Fsp3) is 0.450. The van der Waals surface area contributed by atoms with E-state index in [1.165, 1.54) is 16.8 Å². The predicted octanol–water partition coefficient (Wildman–Crippen LogP) is 1.69. The lowest BCUT2D eigenvalue weighted by atomic mass is 10.2. The zero-order chi connectivity index (χ0) is 23.2. The third-order valence-electron chi connectivity index (χ3n) is 4.12. The van der Waals surface area contributed by atoms with E-state index < -0.39 is 35.8 Å². The van der Waals surface area contributed by atoms with Gasteiger partial charge in [-0.2, -0.15) is 4.99 Å². The van der Waals surface area contributed by atoms with Crippen molar-refractivity contribution in [2.75, 3.05) is 20.6 Å². The third-order valence-corrected chi connectivity index (χ3v) is 4.12. The lowest BCUT2D eigenvalue weighted by Gasteiger charge is -2.36. The van der Waals surface area contributed by atoms with Gasteiger partial charge in [0.25, 0.3) is 5.91 Å². The number of nitrogens with zero attached hydrogens (tertiary/aromatic N) is 3. The number of guanidine groups is 1. The van der Waals surface area contributed by atoms with Crippen molar-refractivity contribution in [2.24, 2.45) is 4.99 Å². The Morgan fingerprint density at radius 3 is 2.52 bits per heavy atom. The maximum Gasteiger partial charge on any atom is 0.415 e. The molecular formula is C20H27N5O6. The van der Waals surface area contributed by atoms with Crippen LogP contribution in [0.3, 0.4) is 0 Å². The van der Waals surface area contributed by atoms with E-state index in [9.17, 15) is 19.2 Å². The summed E-state index contributed by atoms with van der Waals surface area (Å²) in [7, 11) is 3.03. The zero-order valence-corrected chi connectivity index (χ0v) is 18.2. The van der Waals surface area contributed by atoms with Crippen LogP contribution >= 0.6 is 0 Å². The topological polar surface area (TPSA) is 130 Å². The minimum Gasteiger partial charge on any atom is -0.444 e. The summed E-state index contributed by atoms with van der Waals surface area (Å²) in [5, 5.41) is 4.41. The van der Waals surface area contributed by atoms with Gasteiger partial charge in [-0.3, -0.25) is 15.0 Å². The average Bonchev–Trinajstić information content (AvgIpc) is 2.67. The summed E-state index contributed by atoms with van der Waals surface area (Å²) in [6.45, 7) is 5.23. The maximum atomic E-state index is 12.4. The van der Waals surface area contributed by atoms with E-state index in [1.807, 2.05) is 11.4 Å². The van der Waals surface area contributed by atoms with Gasteiger partial charge in [-0.25, -0.2) is 19.7 Å². The van der Waals surface area contributed by atoms with E-state index in [-0.39, 0.29) is 19.1 Å². The Kier molecular flexibility index (Phi) is 7.56. The molecule has 168 valence electrons. The summed E-state index contributed by atoms with van der Waals surface area (Å²) in [4.78, 5) is 54.7. The number of urea groups is 1. The number of ether oxygens (including phenoxy) is 2. The smallest absolute Gasteiger partial charge is 0.415 e. The fourth-order valence-corrected chi connectivity index (χ4v) is 2.56. The first-order chi connectivity index (χ1) is 14.5. The third kappa shape index (κ3) is 7.28. The second kappa shape index (κ2) is 9.92. The lowest BCUT2D eigenvalue weighted by molar-refractivity contribution is -0.126. The zero-order valence-electron chi connectivity index (χ0n) is 18.2. The van der Waals surface area contributed by atoms with Gasteiger partial charge < -0.3 is 14.4 Å². The fourth-order valence-electron chi connectivity index (χ4n) is 2.56. The van der Waals surface area contributed by atoms with E-state index in [1.54, 1.807) is 52.1 Å². The molecule has 1 aliphatic heterocycles. The molecular weight excluding hydrogens is 406 g/mol. The standard InChI is InChI=1S/C20H27N5O6/c1-20(2,3)31-19(29)25(5)14-11-24(4)16(21-15(14)26)22-17(27)23-18(28)30-12-13-9-7-6-8-10-13/h6-10,14H,11-12H2,1-5H3,(H2,21,22,23,26,27,28). The number of imide groups is 1. The van der Waals surface area contributed by atoms with Crippen molar-refractivity contribution < 1.29 is 28.7 Å². The van der Waals surface area contributed by atoms with Gasteiger partial charge >= 0.3 is 18.2 Å². The molecule has 1 aromatic carbocycles. The van der Waals surface area contributed by atoms with Crippen molar-refractivity contribution in [1.29, 1.82) is 0 Å². The van der Waals surface area contributed by atoms with Gasteiger partial charge in [-0.15, -0.1) is 0 Å². The minimum absolute atomic E-state index is 0.00809. The number of alkyl carbamates (subject to hydrolysis) is 1. The average molecular weight is 433 g/mol. The Morgan fingerprint density at radius 2 is 1.90 bits per heavy atom. The first kappa shape index (κ1) is 23.6. The maximum absolute atomic E-state index is 12.4. The van der Waals surface area contributed by atoms with Crippen molar-refractivity contribution in [3.63, 3.8) is 0 Å². The number of benzene rings is 1. The van der Waals surface area contributed by atoms with E-state index in [2.05, 4.69) is 10.3 Å². The molecule has 0 aliphatic carbocycles. The van der Waals surface area contributed by atoms with Crippen LogP contribution in [0.25, 0.3) is 0 Å². The number of hydrogen-bond acceptors (Lipinski definition) is 6. The Labute approximate surface area is 180 Å². The SMILES string of the molecule is CN1CC(N(C)C(=O)OC(C)(C)C)C(=O)N/C1=N\C(=O)NC(=O)OCc1ccccc1. The van der Waals surface area contributed by atoms with E-state index in [0.717, 1.165) is 5.56 Å². The number of nitrogens with one attached hydrogen (secondary N) is 2. The highest BCUT2D eigenvalue weighted by Crippen LogP contribution is 2.13. The number of aliphatic imine (C=N–C) groups is 1.